The zero-order valence-corrected chi connectivity index (χ0v) is 10.8. The summed E-state index contributed by atoms with van der Waals surface area (Å²) in [5.74, 6) is -0.229. The Morgan fingerprint density at radius 1 is 0.900 bits per heavy atom. The molecule has 20 heavy (non-hydrogen) atoms. The van der Waals surface area contributed by atoms with Crippen molar-refractivity contribution < 1.29 is 0 Å². The first-order chi connectivity index (χ1) is 9.58. The molecule has 2 aromatic carbocycles. The summed E-state index contributed by atoms with van der Waals surface area (Å²) < 4.78 is 0. The molecule has 0 fully saturated rings. The van der Waals surface area contributed by atoms with Gasteiger partial charge < -0.3 is 17.2 Å². The second-order valence-corrected chi connectivity index (χ2v) is 4.12. The molecule has 0 radical (unpaired) electrons. The van der Waals surface area contributed by atoms with Crippen molar-refractivity contribution in [3.63, 3.8) is 0 Å². The van der Waals surface area contributed by atoms with Crippen LogP contribution in [-0.4, -0.2) is 11.9 Å². The van der Waals surface area contributed by atoms with E-state index in [4.69, 9.17) is 22.6 Å². The Labute approximate surface area is 117 Å². The number of benzene rings is 2. The largest absolute Gasteiger partial charge is 0.399 e. The van der Waals surface area contributed by atoms with E-state index in [-0.39, 0.29) is 11.9 Å². The molecule has 6 nitrogen and oxygen atoms in total. The molecule has 0 aliphatic heterocycles. The van der Waals surface area contributed by atoms with Crippen molar-refractivity contribution in [2.24, 2.45) is 16.5 Å². The van der Waals surface area contributed by atoms with E-state index in [1.54, 1.807) is 29.2 Å². The summed E-state index contributed by atoms with van der Waals surface area (Å²) >= 11 is 0. The fraction of sp³-hybridized carbons (Fsp3) is 0. The average Bonchev–Trinajstić information content (AvgIpc) is 2.42. The van der Waals surface area contributed by atoms with Gasteiger partial charge in [0, 0.05) is 17.1 Å². The second-order valence-electron chi connectivity index (χ2n) is 4.12. The van der Waals surface area contributed by atoms with E-state index >= 15 is 0 Å². The third-order valence-corrected chi connectivity index (χ3v) is 2.61. The third-order valence-electron chi connectivity index (χ3n) is 2.61. The maximum atomic E-state index is 8.05. The van der Waals surface area contributed by atoms with E-state index in [0.717, 1.165) is 11.4 Å². The lowest BCUT2D eigenvalue weighted by Gasteiger charge is -2.23. The van der Waals surface area contributed by atoms with Gasteiger partial charge in [0.05, 0.1) is 0 Å². The summed E-state index contributed by atoms with van der Waals surface area (Å²) in [5.41, 5.74) is 18.6. The molecule has 0 saturated heterocycles. The lowest BCUT2D eigenvalue weighted by molar-refractivity contribution is 1.24. The smallest absolute Gasteiger partial charge is 0.230 e. The minimum Gasteiger partial charge on any atom is -0.399 e. The van der Waals surface area contributed by atoms with Gasteiger partial charge in [0.15, 0.2) is 5.96 Å². The van der Waals surface area contributed by atoms with Crippen molar-refractivity contribution in [1.82, 2.24) is 0 Å². The molecule has 0 atom stereocenters. The first-order valence-electron chi connectivity index (χ1n) is 5.97. The highest BCUT2D eigenvalue weighted by Crippen LogP contribution is 2.26. The number of guanidine groups is 2. The molecule has 2 aromatic rings. The number of rotatable bonds is 2. The number of nitrogens with zero attached hydrogens (tertiary/aromatic N) is 2. The zero-order chi connectivity index (χ0) is 14.5. The van der Waals surface area contributed by atoms with Gasteiger partial charge in [-0.2, -0.15) is 4.99 Å². The lowest BCUT2D eigenvalue weighted by Crippen LogP contribution is -2.30. The normalized spacial score (nSPS) is 9.80. The van der Waals surface area contributed by atoms with Crippen LogP contribution in [0.2, 0.25) is 0 Å². The van der Waals surface area contributed by atoms with E-state index in [1.807, 2.05) is 30.3 Å². The summed E-state index contributed by atoms with van der Waals surface area (Å²) in [7, 11) is 0. The zero-order valence-electron chi connectivity index (χ0n) is 10.8. The Morgan fingerprint density at radius 2 is 1.45 bits per heavy atom. The minimum absolute atomic E-state index is 0.0685. The molecule has 7 N–H and O–H groups in total. The Kier molecular flexibility index (Phi) is 3.85. The van der Waals surface area contributed by atoms with Crippen LogP contribution in [0.5, 0.6) is 0 Å². The van der Waals surface area contributed by atoms with Crippen LogP contribution in [0, 0.1) is 5.41 Å². The fourth-order valence-corrected chi connectivity index (χ4v) is 1.77. The van der Waals surface area contributed by atoms with Crippen LogP contribution in [-0.2, 0) is 0 Å². The first kappa shape index (κ1) is 13.4. The van der Waals surface area contributed by atoms with Crippen molar-refractivity contribution in [1.29, 1.82) is 5.41 Å². The molecule has 0 aliphatic carbocycles. The van der Waals surface area contributed by atoms with Crippen molar-refractivity contribution in [2.45, 2.75) is 0 Å². The molecule has 0 aliphatic rings. The summed E-state index contributed by atoms with van der Waals surface area (Å²) in [6.45, 7) is 0. The molecule has 2 rings (SSSR count). The summed E-state index contributed by atoms with van der Waals surface area (Å²) in [4.78, 5) is 5.43. The highest BCUT2D eigenvalue weighted by atomic mass is 15.3. The number of hydrogen-bond acceptors (Lipinski definition) is 2. The van der Waals surface area contributed by atoms with Gasteiger partial charge in [-0.15, -0.1) is 0 Å². The van der Waals surface area contributed by atoms with E-state index in [9.17, 15) is 0 Å². The van der Waals surface area contributed by atoms with E-state index < -0.39 is 0 Å². The highest BCUT2D eigenvalue weighted by Gasteiger charge is 2.14. The number of nitrogens with two attached hydrogens (primary N) is 3. The molecular formula is C14H16N6. The van der Waals surface area contributed by atoms with Crippen molar-refractivity contribution in [3.8, 4) is 0 Å². The van der Waals surface area contributed by atoms with Gasteiger partial charge in [0.1, 0.15) is 0 Å². The maximum Gasteiger partial charge on any atom is 0.230 e. The van der Waals surface area contributed by atoms with Crippen LogP contribution in [0.1, 0.15) is 0 Å². The van der Waals surface area contributed by atoms with Gasteiger partial charge in [-0.1, -0.05) is 18.2 Å². The van der Waals surface area contributed by atoms with Crippen LogP contribution in [0.4, 0.5) is 17.1 Å². The van der Waals surface area contributed by atoms with Crippen LogP contribution in [0.15, 0.2) is 59.6 Å². The highest BCUT2D eigenvalue weighted by molar-refractivity contribution is 6.06. The molecule has 0 amide bonds. The molecule has 102 valence electrons. The quantitative estimate of drug-likeness (QED) is 0.376. The van der Waals surface area contributed by atoms with Gasteiger partial charge in [-0.05, 0) is 36.4 Å². The Morgan fingerprint density at radius 3 is 2.00 bits per heavy atom. The van der Waals surface area contributed by atoms with Crippen LogP contribution in [0.25, 0.3) is 0 Å². The summed E-state index contributed by atoms with van der Waals surface area (Å²) in [6.07, 6.45) is 0. The SMILES string of the molecule is N=C(N=C(N)N)N(c1ccccc1)c1ccc(N)cc1. The number of aliphatic imine (C=N–C) groups is 1. The fourth-order valence-electron chi connectivity index (χ4n) is 1.77. The average molecular weight is 268 g/mol. The van der Waals surface area contributed by atoms with Crippen molar-refractivity contribution >= 4 is 29.0 Å². The standard InChI is InChI=1S/C14H16N6/c15-10-6-8-12(9-7-10)20(14(18)19-13(16)17)11-4-2-1-3-5-11/h1-9H,15H2,(H5,16,17,18,19). The maximum absolute atomic E-state index is 8.05. The molecule has 0 heterocycles. The Balaban J connectivity index is 2.47. The predicted octanol–water partition coefficient (Wildman–Crippen LogP) is 1.62. The predicted molar refractivity (Wildman–Crippen MR) is 83.0 cm³/mol. The Hall–Kier alpha value is -3.02. The Bertz CT molecular complexity index is 614. The van der Waals surface area contributed by atoms with Crippen LogP contribution in [0.3, 0.4) is 0 Å². The molecule has 0 saturated carbocycles. The van der Waals surface area contributed by atoms with Crippen LogP contribution < -0.4 is 22.1 Å². The summed E-state index contributed by atoms with van der Waals surface area (Å²) in [5, 5.41) is 8.05. The summed E-state index contributed by atoms with van der Waals surface area (Å²) in [6, 6.07) is 16.5. The van der Waals surface area contributed by atoms with Gasteiger partial charge >= 0.3 is 0 Å². The molecule has 0 bridgehead atoms. The number of anilines is 3. The number of para-hydroxylation sites is 1. The van der Waals surface area contributed by atoms with Crippen molar-refractivity contribution in [2.75, 3.05) is 10.6 Å². The van der Waals surface area contributed by atoms with E-state index in [2.05, 4.69) is 4.99 Å². The van der Waals surface area contributed by atoms with E-state index in [0.29, 0.717) is 5.69 Å². The van der Waals surface area contributed by atoms with Gasteiger partial charge in [-0.25, -0.2) is 0 Å². The molecular weight excluding hydrogens is 252 g/mol. The molecule has 0 unspecified atom stereocenters. The third kappa shape index (κ3) is 3.05. The van der Waals surface area contributed by atoms with Crippen molar-refractivity contribution in [3.05, 3.63) is 54.6 Å². The molecule has 0 aromatic heterocycles. The topological polar surface area (TPSA) is 118 Å². The van der Waals surface area contributed by atoms with Gasteiger partial charge in [0.25, 0.3) is 0 Å². The van der Waals surface area contributed by atoms with E-state index in [1.165, 1.54) is 0 Å². The molecule has 6 heteroatoms. The van der Waals surface area contributed by atoms with Gasteiger partial charge in [-0.3, -0.25) is 10.3 Å². The van der Waals surface area contributed by atoms with Crippen LogP contribution >= 0.6 is 0 Å². The number of nitrogens with one attached hydrogen (secondary N) is 1. The number of hydrogen-bond donors (Lipinski definition) is 4. The number of nitrogen functional groups attached to an aromatic ring is 1. The second kappa shape index (κ2) is 5.75. The molecule has 0 spiro atoms. The minimum atomic E-state index is -0.161. The monoisotopic (exact) mass is 268 g/mol. The first-order valence-corrected chi connectivity index (χ1v) is 5.97. The lowest BCUT2D eigenvalue weighted by atomic mass is 10.2. The van der Waals surface area contributed by atoms with Gasteiger partial charge in [0.2, 0.25) is 5.96 Å².